The molecule has 0 radical (unpaired) electrons. The summed E-state index contributed by atoms with van der Waals surface area (Å²) < 4.78 is 11.8. The summed E-state index contributed by atoms with van der Waals surface area (Å²) in [5.41, 5.74) is 0.825. The van der Waals surface area contributed by atoms with Crippen LogP contribution in [0.1, 0.15) is 0 Å². The second-order valence-corrected chi connectivity index (χ2v) is 3.42. The van der Waals surface area contributed by atoms with Crippen LogP contribution in [0.15, 0.2) is 24.3 Å². The first-order valence-corrected chi connectivity index (χ1v) is 4.87. The topological polar surface area (TPSA) is 24.1 Å². The number of nitrogens with one attached hydrogen (secondary N) is 2. The lowest BCUT2D eigenvalue weighted by atomic mass is 10.3. The molecule has 2 nitrogen and oxygen atoms in total. The van der Waals surface area contributed by atoms with E-state index in [2.05, 4.69) is 10.6 Å². The van der Waals surface area contributed by atoms with Gasteiger partial charge in [0.2, 0.25) is 0 Å². The van der Waals surface area contributed by atoms with E-state index in [1.54, 1.807) is 24.3 Å². The number of anilines is 1. The zero-order chi connectivity index (χ0) is 10.4. The highest BCUT2D eigenvalue weighted by Gasteiger charge is 1.96. The molecule has 0 aliphatic carbocycles. The fraction of sp³-hybridized carbons (Fsp3) is 0.222. The van der Waals surface area contributed by atoms with Gasteiger partial charge in [-0.1, -0.05) is 11.6 Å². The molecule has 0 atom stereocenters. The summed E-state index contributed by atoms with van der Waals surface area (Å²) >= 11 is 10.6. The monoisotopic (exact) mass is 232 g/mol. The van der Waals surface area contributed by atoms with Gasteiger partial charge in [0.05, 0.1) is 0 Å². The maximum atomic E-state index is 11.8. The van der Waals surface area contributed by atoms with Crippen molar-refractivity contribution in [3.05, 3.63) is 29.3 Å². The number of thiocarbonyl (C=S) groups is 1. The molecule has 0 fully saturated rings. The SMILES string of the molecule is FCCNC(=S)Nc1ccc(Cl)cc1. The predicted molar refractivity (Wildman–Crippen MR) is 61.7 cm³/mol. The van der Waals surface area contributed by atoms with Crippen LogP contribution in [-0.4, -0.2) is 18.3 Å². The largest absolute Gasteiger partial charge is 0.360 e. The Labute approximate surface area is 92.5 Å². The van der Waals surface area contributed by atoms with Crippen LogP contribution in [-0.2, 0) is 0 Å². The molecule has 0 bridgehead atoms. The number of hydrogen-bond donors (Lipinski definition) is 2. The molecule has 0 aliphatic heterocycles. The summed E-state index contributed by atoms with van der Waals surface area (Å²) in [5.74, 6) is 0. The number of alkyl halides is 1. The summed E-state index contributed by atoms with van der Waals surface area (Å²) in [6.45, 7) is -0.220. The third-order valence-corrected chi connectivity index (χ3v) is 1.98. The van der Waals surface area contributed by atoms with E-state index in [4.69, 9.17) is 23.8 Å². The first-order chi connectivity index (χ1) is 6.72. The van der Waals surface area contributed by atoms with Crippen molar-refractivity contribution < 1.29 is 4.39 Å². The molecule has 0 amide bonds. The van der Waals surface area contributed by atoms with Gasteiger partial charge < -0.3 is 10.6 Å². The summed E-state index contributed by atoms with van der Waals surface area (Å²) in [6, 6.07) is 7.10. The molecule has 0 aromatic heterocycles. The van der Waals surface area contributed by atoms with Crippen molar-refractivity contribution >= 4 is 34.6 Å². The van der Waals surface area contributed by atoms with E-state index in [1.165, 1.54) is 0 Å². The molecular weight excluding hydrogens is 223 g/mol. The highest BCUT2D eigenvalue weighted by atomic mass is 35.5. The second kappa shape index (κ2) is 5.78. The number of benzene rings is 1. The van der Waals surface area contributed by atoms with Crippen molar-refractivity contribution in [2.45, 2.75) is 0 Å². The van der Waals surface area contributed by atoms with Crippen molar-refractivity contribution in [1.82, 2.24) is 5.32 Å². The molecule has 1 aromatic rings. The molecule has 0 aliphatic rings. The van der Waals surface area contributed by atoms with E-state index in [-0.39, 0.29) is 6.54 Å². The lowest BCUT2D eigenvalue weighted by Gasteiger charge is -2.08. The van der Waals surface area contributed by atoms with E-state index in [9.17, 15) is 4.39 Å². The van der Waals surface area contributed by atoms with Gasteiger partial charge in [0.15, 0.2) is 5.11 Å². The van der Waals surface area contributed by atoms with Crippen LogP contribution in [0.3, 0.4) is 0 Å². The van der Waals surface area contributed by atoms with Gasteiger partial charge in [0, 0.05) is 17.3 Å². The molecule has 0 unspecified atom stereocenters. The van der Waals surface area contributed by atoms with Gasteiger partial charge in [-0.15, -0.1) is 0 Å². The first-order valence-electron chi connectivity index (χ1n) is 4.09. The summed E-state index contributed by atoms with van der Waals surface area (Å²) in [5, 5.41) is 6.68. The van der Waals surface area contributed by atoms with Crippen LogP contribution >= 0.6 is 23.8 Å². The minimum Gasteiger partial charge on any atom is -0.360 e. The molecule has 1 aromatic carbocycles. The van der Waals surface area contributed by atoms with Crippen molar-refractivity contribution in [3.8, 4) is 0 Å². The summed E-state index contributed by atoms with van der Waals surface area (Å²) in [4.78, 5) is 0. The molecule has 0 saturated carbocycles. The molecule has 0 spiro atoms. The lowest BCUT2D eigenvalue weighted by Crippen LogP contribution is -2.29. The second-order valence-electron chi connectivity index (χ2n) is 2.58. The van der Waals surface area contributed by atoms with Crippen molar-refractivity contribution in [3.63, 3.8) is 0 Å². The smallest absolute Gasteiger partial charge is 0.170 e. The van der Waals surface area contributed by atoms with Gasteiger partial charge in [-0.3, -0.25) is 0 Å². The Hall–Kier alpha value is -0.870. The highest BCUT2D eigenvalue weighted by molar-refractivity contribution is 7.80. The summed E-state index contributed by atoms with van der Waals surface area (Å²) in [7, 11) is 0. The van der Waals surface area contributed by atoms with Gasteiger partial charge in [-0.25, -0.2) is 4.39 Å². The van der Waals surface area contributed by atoms with E-state index in [1.807, 2.05) is 0 Å². The Balaban J connectivity index is 2.44. The fourth-order valence-electron chi connectivity index (χ4n) is 0.869. The summed E-state index contributed by atoms with van der Waals surface area (Å²) in [6.07, 6.45) is 0. The van der Waals surface area contributed by atoms with Gasteiger partial charge in [-0.2, -0.15) is 0 Å². The van der Waals surface area contributed by atoms with Crippen molar-refractivity contribution in [2.75, 3.05) is 18.5 Å². The van der Waals surface area contributed by atoms with Crippen LogP contribution in [0.2, 0.25) is 5.02 Å². The van der Waals surface area contributed by atoms with Crippen LogP contribution in [0.5, 0.6) is 0 Å². The average molecular weight is 233 g/mol. The Bertz CT molecular complexity index is 302. The number of rotatable bonds is 3. The molecular formula is C9H10ClFN2S. The standard InChI is InChI=1S/C9H10ClFN2S/c10-7-1-3-8(4-2-7)13-9(14)12-6-5-11/h1-4H,5-6H2,(H2,12,13,14). The maximum absolute atomic E-state index is 11.8. The van der Waals surface area contributed by atoms with E-state index in [0.717, 1.165) is 5.69 Å². The van der Waals surface area contributed by atoms with Gasteiger partial charge in [-0.05, 0) is 36.5 Å². The third kappa shape index (κ3) is 3.89. The maximum Gasteiger partial charge on any atom is 0.170 e. The first kappa shape index (κ1) is 11.2. The highest BCUT2D eigenvalue weighted by Crippen LogP contribution is 2.12. The van der Waals surface area contributed by atoms with Gasteiger partial charge in [0.25, 0.3) is 0 Å². The van der Waals surface area contributed by atoms with Crippen molar-refractivity contribution in [1.29, 1.82) is 0 Å². The molecule has 5 heteroatoms. The molecule has 2 N–H and O–H groups in total. The average Bonchev–Trinajstić information content (AvgIpc) is 2.18. The van der Waals surface area contributed by atoms with E-state index in [0.29, 0.717) is 10.1 Å². The zero-order valence-corrected chi connectivity index (χ0v) is 8.96. The Morgan fingerprint density at radius 2 is 2.00 bits per heavy atom. The molecule has 1 rings (SSSR count). The molecule has 14 heavy (non-hydrogen) atoms. The van der Waals surface area contributed by atoms with Gasteiger partial charge in [0.1, 0.15) is 6.67 Å². The number of hydrogen-bond acceptors (Lipinski definition) is 1. The van der Waals surface area contributed by atoms with Crippen molar-refractivity contribution in [2.24, 2.45) is 0 Å². The minimum atomic E-state index is -0.442. The lowest BCUT2D eigenvalue weighted by molar-refractivity contribution is 0.492. The third-order valence-electron chi connectivity index (χ3n) is 1.48. The fourth-order valence-corrected chi connectivity index (χ4v) is 1.22. The normalized spacial score (nSPS) is 9.57. The van der Waals surface area contributed by atoms with E-state index >= 15 is 0 Å². The van der Waals surface area contributed by atoms with Gasteiger partial charge >= 0.3 is 0 Å². The van der Waals surface area contributed by atoms with Crippen LogP contribution in [0.25, 0.3) is 0 Å². The molecule has 76 valence electrons. The van der Waals surface area contributed by atoms with E-state index < -0.39 is 6.67 Å². The number of halogens is 2. The Morgan fingerprint density at radius 3 is 2.57 bits per heavy atom. The zero-order valence-electron chi connectivity index (χ0n) is 7.39. The predicted octanol–water partition coefficient (Wildman–Crippen LogP) is 2.60. The molecule has 0 saturated heterocycles. The minimum absolute atomic E-state index is 0.222. The Morgan fingerprint density at radius 1 is 1.36 bits per heavy atom. The quantitative estimate of drug-likeness (QED) is 0.784. The Kier molecular flexibility index (Phi) is 4.62. The van der Waals surface area contributed by atoms with Crippen LogP contribution < -0.4 is 10.6 Å². The van der Waals surface area contributed by atoms with Crippen LogP contribution in [0.4, 0.5) is 10.1 Å². The molecule has 0 heterocycles. The van der Waals surface area contributed by atoms with Crippen LogP contribution in [0, 0.1) is 0 Å².